The lowest BCUT2D eigenvalue weighted by Crippen LogP contribution is -2.41. The van der Waals surface area contributed by atoms with Crippen molar-refractivity contribution in [2.45, 2.75) is 45.4 Å². The van der Waals surface area contributed by atoms with E-state index >= 15 is 0 Å². The van der Waals surface area contributed by atoms with Crippen molar-refractivity contribution < 1.29 is 18.4 Å². The highest BCUT2D eigenvalue weighted by Gasteiger charge is 2.53. The second-order valence-corrected chi connectivity index (χ2v) is 6.39. The maximum atomic E-state index is 14.4. The largest absolute Gasteiger partial charge is 0.525 e. The fourth-order valence-electron chi connectivity index (χ4n) is 2.23. The van der Waals surface area contributed by atoms with Crippen molar-refractivity contribution in [2.75, 3.05) is 7.11 Å². The van der Waals surface area contributed by atoms with Crippen LogP contribution >= 0.6 is 0 Å². The van der Waals surface area contributed by atoms with Gasteiger partial charge < -0.3 is 19.8 Å². The maximum Gasteiger partial charge on any atom is 0.525 e. The highest BCUT2D eigenvalue weighted by molar-refractivity contribution is 6.54. The molecule has 0 spiro atoms. The van der Waals surface area contributed by atoms with E-state index in [9.17, 15) is 4.39 Å². The third-order valence-corrected chi connectivity index (χ3v) is 4.31. The van der Waals surface area contributed by atoms with Gasteiger partial charge in [0.05, 0.1) is 18.3 Å². The molecular weight excluding hydrogens is 284 g/mol. The Morgan fingerprint density at radius 1 is 1.27 bits per heavy atom. The molecule has 0 atom stereocenters. The lowest BCUT2D eigenvalue weighted by molar-refractivity contribution is 0.00578. The van der Waals surface area contributed by atoms with Crippen molar-refractivity contribution in [3.05, 3.63) is 35.1 Å². The van der Waals surface area contributed by atoms with E-state index in [2.05, 4.69) is 0 Å². The summed E-state index contributed by atoms with van der Waals surface area (Å²) in [5.74, 6) is 0.690. The summed E-state index contributed by atoms with van der Waals surface area (Å²) in [6.07, 6.45) is 1.40. The van der Waals surface area contributed by atoms with Crippen LogP contribution in [0.3, 0.4) is 0 Å². The lowest BCUT2D eigenvalue weighted by Gasteiger charge is -2.32. The number of hydrogen-bond donors (Lipinski definition) is 1. The summed E-state index contributed by atoms with van der Waals surface area (Å²) >= 11 is 0. The van der Waals surface area contributed by atoms with E-state index in [1.165, 1.54) is 6.08 Å². The Bertz CT molecular complexity index is 571. The van der Waals surface area contributed by atoms with Crippen LogP contribution in [0.2, 0.25) is 0 Å². The molecule has 0 amide bonds. The van der Waals surface area contributed by atoms with Crippen LogP contribution in [0.15, 0.2) is 23.9 Å². The zero-order chi connectivity index (χ0) is 16.5. The Hall–Kier alpha value is -1.37. The highest BCUT2D eigenvalue weighted by Crippen LogP contribution is 2.39. The van der Waals surface area contributed by atoms with E-state index in [0.29, 0.717) is 17.9 Å². The maximum absolute atomic E-state index is 14.4. The van der Waals surface area contributed by atoms with Crippen LogP contribution in [-0.2, 0) is 15.9 Å². The molecule has 1 aromatic carbocycles. The van der Waals surface area contributed by atoms with Crippen molar-refractivity contribution in [1.82, 2.24) is 0 Å². The predicted octanol–water partition coefficient (Wildman–Crippen LogP) is 3.10. The number of rotatable bonds is 4. The van der Waals surface area contributed by atoms with Gasteiger partial charge in [-0.3, -0.25) is 0 Å². The van der Waals surface area contributed by atoms with Crippen LogP contribution in [0.5, 0.6) is 5.75 Å². The Morgan fingerprint density at radius 2 is 1.86 bits per heavy atom. The lowest BCUT2D eigenvalue weighted by atomic mass is 9.86. The van der Waals surface area contributed by atoms with Crippen molar-refractivity contribution in [3.63, 3.8) is 0 Å². The fourth-order valence-corrected chi connectivity index (χ4v) is 2.23. The molecule has 0 unspecified atom stereocenters. The number of hydrogen-bond acceptors (Lipinski definition) is 4. The molecule has 0 bridgehead atoms. The third kappa shape index (κ3) is 3.19. The van der Waals surface area contributed by atoms with Crippen LogP contribution in [-0.4, -0.2) is 25.4 Å². The minimum absolute atomic E-state index is 0.322. The molecule has 4 nitrogen and oxygen atoms in total. The average Bonchev–Trinajstić information content (AvgIpc) is 2.67. The van der Waals surface area contributed by atoms with Gasteiger partial charge in [-0.05, 0) is 51.5 Å². The highest BCUT2D eigenvalue weighted by atomic mass is 19.1. The van der Waals surface area contributed by atoms with Crippen LogP contribution in [0.1, 0.15) is 38.8 Å². The molecule has 22 heavy (non-hydrogen) atoms. The van der Waals surface area contributed by atoms with E-state index in [1.54, 1.807) is 25.3 Å². The summed E-state index contributed by atoms with van der Waals surface area (Å²) in [5.41, 5.74) is 5.59. The molecule has 1 fully saturated rings. The normalized spacial score (nSPS) is 20.3. The van der Waals surface area contributed by atoms with Crippen molar-refractivity contribution in [3.8, 4) is 5.75 Å². The molecule has 1 heterocycles. The minimum Gasteiger partial charge on any atom is -0.496 e. The topological polar surface area (TPSA) is 53.7 Å². The molecule has 1 saturated heterocycles. The van der Waals surface area contributed by atoms with E-state index in [1.807, 2.05) is 27.7 Å². The number of halogens is 1. The second-order valence-electron chi connectivity index (χ2n) is 6.39. The molecule has 1 aliphatic heterocycles. The van der Waals surface area contributed by atoms with Gasteiger partial charge in [0, 0.05) is 12.1 Å². The van der Waals surface area contributed by atoms with Gasteiger partial charge in [0.15, 0.2) is 0 Å². The van der Waals surface area contributed by atoms with Crippen molar-refractivity contribution in [1.29, 1.82) is 0 Å². The molecule has 0 radical (unpaired) electrons. The van der Waals surface area contributed by atoms with Gasteiger partial charge in [0.2, 0.25) is 0 Å². The summed E-state index contributed by atoms with van der Waals surface area (Å²) in [7, 11) is 0.586. The SMILES string of the molecule is COc1ccc(C=C(F)B2OC(C)(C)C(C)(C)O2)cc1CN. The van der Waals surface area contributed by atoms with Crippen LogP contribution in [0.25, 0.3) is 6.08 Å². The first-order valence-electron chi connectivity index (χ1n) is 7.30. The predicted molar refractivity (Wildman–Crippen MR) is 86.1 cm³/mol. The fraction of sp³-hybridized carbons (Fsp3) is 0.500. The van der Waals surface area contributed by atoms with Gasteiger partial charge in [0.1, 0.15) is 11.5 Å². The number of benzene rings is 1. The van der Waals surface area contributed by atoms with Gasteiger partial charge in [-0.1, -0.05) is 6.07 Å². The van der Waals surface area contributed by atoms with Gasteiger partial charge in [-0.2, -0.15) is 0 Å². The van der Waals surface area contributed by atoms with Gasteiger partial charge in [-0.25, -0.2) is 4.39 Å². The summed E-state index contributed by atoms with van der Waals surface area (Å²) in [6.45, 7) is 7.88. The van der Waals surface area contributed by atoms with Crippen LogP contribution < -0.4 is 10.5 Å². The molecule has 2 N–H and O–H groups in total. The van der Waals surface area contributed by atoms with Crippen LogP contribution in [0.4, 0.5) is 4.39 Å². The first kappa shape index (κ1) is 17.0. The van der Waals surface area contributed by atoms with Gasteiger partial charge in [0.25, 0.3) is 0 Å². The third-order valence-electron chi connectivity index (χ3n) is 4.31. The molecule has 0 saturated carbocycles. The molecular formula is C16H23BFNO3. The number of nitrogens with two attached hydrogens (primary N) is 1. The molecule has 2 rings (SSSR count). The molecule has 1 aromatic rings. The van der Waals surface area contributed by atoms with Crippen molar-refractivity contribution >= 4 is 13.2 Å². The Balaban J connectivity index is 2.23. The molecule has 0 aromatic heterocycles. The standard InChI is InChI=1S/C16H23BFNO3/c1-15(2)16(3,4)22-17(21-15)14(18)9-11-6-7-13(20-5)12(8-11)10-19/h6-9H,10,19H2,1-5H3. The summed E-state index contributed by atoms with van der Waals surface area (Å²) in [5, 5.41) is 0. The Labute approximate surface area is 131 Å². The zero-order valence-electron chi connectivity index (χ0n) is 13.8. The van der Waals surface area contributed by atoms with Gasteiger partial charge >= 0.3 is 7.12 Å². The van der Waals surface area contributed by atoms with E-state index in [-0.39, 0.29) is 0 Å². The van der Waals surface area contributed by atoms with E-state index in [4.69, 9.17) is 19.8 Å². The Kier molecular flexibility index (Phi) is 4.66. The Morgan fingerprint density at radius 3 is 2.36 bits per heavy atom. The zero-order valence-corrected chi connectivity index (χ0v) is 13.8. The molecule has 0 aliphatic carbocycles. The minimum atomic E-state index is -0.992. The monoisotopic (exact) mass is 307 g/mol. The second kappa shape index (κ2) is 6.03. The van der Waals surface area contributed by atoms with Crippen molar-refractivity contribution in [2.24, 2.45) is 5.73 Å². The molecule has 120 valence electrons. The summed E-state index contributed by atoms with van der Waals surface area (Å²) in [6, 6.07) is 5.33. The quantitative estimate of drug-likeness (QED) is 0.869. The van der Waals surface area contributed by atoms with E-state index in [0.717, 1.165) is 5.56 Å². The van der Waals surface area contributed by atoms with E-state index < -0.39 is 24.0 Å². The van der Waals surface area contributed by atoms with Crippen LogP contribution in [0, 0.1) is 0 Å². The first-order chi connectivity index (χ1) is 10.2. The molecule has 1 aliphatic rings. The average molecular weight is 307 g/mol. The molecule has 6 heteroatoms. The number of methoxy groups -OCH3 is 1. The number of ether oxygens (including phenoxy) is 1. The summed E-state index contributed by atoms with van der Waals surface area (Å²) < 4.78 is 31.0. The summed E-state index contributed by atoms with van der Waals surface area (Å²) in [4.78, 5) is 0. The smallest absolute Gasteiger partial charge is 0.496 e. The van der Waals surface area contributed by atoms with Gasteiger partial charge in [-0.15, -0.1) is 0 Å². The first-order valence-corrected chi connectivity index (χ1v) is 7.30.